The molecule has 3 nitrogen and oxygen atoms in total. The van der Waals surface area contributed by atoms with Crippen LogP contribution in [-0.4, -0.2) is 5.78 Å². The standard InChI is InChI=1S/C23H15BrCl2O3/c1-13-9-15(28-12-16-18(25)7-4-8-19(16)26)11-20-22(13)23(27)21(29-20)10-14-5-2-3-6-17(14)24/h2-11H,12H2,1H3/b21-10-. The second-order valence-corrected chi connectivity index (χ2v) is 8.23. The number of ketones is 1. The molecule has 1 heterocycles. The molecule has 0 saturated heterocycles. The SMILES string of the molecule is Cc1cc(OCc2c(Cl)cccc2Cl)cc2c1C(=O)/C(=C/c1ccccc1Br)O2. The van der Waals surface area contributed by atoms with Crippen molar-refractivity contribution in [3.05, 3.63) is 97.1 Å². The lowest BCUT2D eigenvalue weighted by atomic mass is 10.0. The number of ether oxygens (including phenoxy) is 2. The van der Waals surface area contributed by atoms with Gasteiger partial charge in [0.25, 0.3) is 0 Å². The zero-order valence-corrected chi connectivity index (χ0v) is 18.4. The number of allylic oxidation sites excluding steroid dienone is 1. The third-order valence-corrected chi connectivity index (χ3v) is 6.01. The van der Waals surface area contributed by atoms with E-state index in [4.69, 9.17) is 32.7 Å². The van der Waals surface area contributed by atoms with E-state index >= 15 is 0 Å². The van der Waals surface area contributed by atoms with Gasteiger partial charge in [0.2, 0.25) is 5.78 Å². The van der Waals surface area contributed by atoms with Crippen molar-refractivity contribution in [3.63, 3.8) is 0 Å². The highest BCUT2D eigenvalue weighted by Crippen LogP contribution is 2.38. The Kier molecular flexibility index (Phi) is 5.68. The predicted octanol–water partition coefficient (Wildman–Crippen LogP) is 7.26. The smallest absolute Gasteiger partial charge is 0.232 e. The topological polar surface area (TPSA) is 35.5 Å². The molecular formula is C23H15BrCl2O3. The molecule has 6 heteroatoms. The minimum atomic E-state index is -0.144. The lowest BCUT2D eigenvalue weighted by Gasteiger charge is -2.11. The number of carbonyl (C=O) groups excluding carboxylic acids is 1. The maximum atomic E-state index is 12.8. The van der Waals surface area contributed by atoms with E-state index in [9.17, 15) is 4.79 Å². The van der Waals surface area contributed by atoms with Crippen LogP contribution < -0.4 is 9.47 Å². The van der Waals surface area contributed by atoms with Crippen LogP contribution in [0.4, 0.5) is 0 Å². The normalized spacial score (nSPS) is 14.1. The van der Waals surface area contributed by atoms with E-state index in [1.165, 1.54) is 0 Å². The molecule has 0 aliphatic carbocycles. The summed E-state index contributed by atoms with van der Waals surface area (Å²) < 4.78 is 12.6. The molecule has 4 rings (SSSR count). The average Bonchev–Trinajstić information content (AvgIpc) is 2.99. The van der Waals surface area contributed by atoms with Crippen molar-refractivity contribution in [2.24, 2.45) is 0 Å². The molecule has 0 unspecified atom stereocenters. The van der Waals surface area contributed by atoms with Gasteiger partial charge >= 0.3 is 0 Å². The third kappa shape index (κ3) is 4.06. The number of benzene rings is 3. The molecule has 0 saturated carbocycles. The minimum absolute atomic E-state index is 0.144. The second kappa shape index (κ2) is 8.23. The van der Waals surface area contributed by atoms with Crippen LogP contribution in [0.3, 0.4) is 0 Å². The molecule has 29 heavy (non-hydrogen) atoms. The number of aryl methyl sites for hydroxylation is 1. The van der Waals surface area contributed by atoms with Crippen LogP contribution in [-0.2, 0) is 6.61 Å². The van der Waals surface area contributed by atoms with Gasteiger partial charge in [0.15, 0.2) is 5.76 Å². The van der Waals surface area contributed by atoms with Crippen LogP contribution >= 0.6 is 39.1 Å². The quantitative estimate of drug-likeness (QED) is 0.362. The van der Waals surface area contributed by atoms with Crippen LogP contribution in [0.25, 0.3) is 6.08 Å². The van der Waals surface area contributed by atoms with E-state index in [-0.39, 0.29) is 18.1 Å². The average molecular weight is 490 g/mol. The molecular weight excluding hydrogens is 475 g/mol. The molecule has 0 N–H and O–H groups in total. The van der Waals surface area contributed by atoms with Crippen molar-refractivity contribution < 1.29 is 14.3 Å². The Morgan fingerprint density at radius 1 is 1.07 bits per heavy atom. The molecule has 0 fully saturated rings. The number of halogens is 3. The Labute approximate surface area is 187 Å². The van der Waals surface area contributed by atoms with Crippen molar-refractivity contribution in [1.29, 1.82) is 0 Å². The number of hydrogen-bond donors (Lipinski definition) is 0. The summed E-state index contributed by atoms with van der Waals surface area (Å²) in [6.45, 7) is 2.07. The molecule has 0 radical (unpaired) electrons. The zero-order chi connectivity index (χ0) is 20.5. The van der Waals surface area contributed by atoms with Gasteiger partial charge in [-0.2, -0.15) is 0 Å². The molecule has 1 aliphatic rings. The fourth-order valence-corrected chi connectivity index (χ4v) is 4.03. The van der Waals surface area contributed by atoms with Crippen LogP contribution in [0.2, 0.25) is 10.0 Å². The Morgan fingerprint density at radius 2 is 1.79 bits per heavy atom. The summed E-state index contributed by atoms with van der Waals surface area (Å²) >= 11 is 15.9. The van der Waals surface area contributed by atoms with Gasteiger partial charge in [-0.25, -0.2) is 0 Å². The van der Waals surface area contributed by atoms with Gasteiger partial charge in [0.1, 0.15) is 18.1 Å². The Bertz CT molecular complexity index is 1130. The lowest BCUT2D eigenvalue weighted by Crippen LogP contribution is -2.00. The summed E-state index contributed by atoms with van der Waals surface area (Å²) in [5.74, 6) is 1.19. The number of Topliss-reactive ketones (excluding diaryl/α,β-unsaturated/α-hetero) is 1. The summed E-state index contributed by atoms with van der Waals surface area (Å²) in [7, 11) is 0. The third-order valence-electron chi connectivity index (χ3n) is 4.58. The van der Waals surface area contributed by atoms with Gasteiger partial charge < -0.3 is 9.47 Å². The van der Waals surface area contributed by atoms with E-state index in [1.54, 1.807) is 30.3 Å². The first-order valence-electron chi connectivity index (χ1n) is 8.83. The van der Waals surface area contributed by atoms with Gasteiger partial charge in [-0.05, 0) is 48.4 Å². The van der Waals surface area contributed by atoms with Crippen LogP contribution in [0.15, 0.2) is 64.8 Å². The summed E-state index contributed by atoms with van der Waals surface area (Å²) in [4.78, 5) is 12.8. The molecule has 0 atom stereocenters. The molecule has 3 aromatic carbocycles. The first-order chi connectivity index (χ1) is 13.9. The van der Waals surface area contributed by atoms with Crippen LogP contribution in [0.5, 0.6) is 11.5 Å². The summed E-state index contributed by atoms with van der Waals surface area (Å²) in [5.41, 5.74) is 2.90. The van der Waals surface area contributed by atoms with Crippen LogP contribution in [0, 0.1) is 6.92 Å². The summed E-state index contributed by atoms with van der Waals surface area (Å²) in [5, 5.41) is 1.08. The highest BCUT2D eigenvalue weighted by Gasteiger charge is 2.30. The fraction of sp³-hybridized carbons (Fsp3) is 0.0870. The van der Waals surface area contributed by atoms with Gasteiger partial charge in [0, 0.05) is 26.1 Å². The van der Waals surface area contributed by atoms with E-state index in [1.807, 2.05) is 37.3 Å². The van der Waals surface area contributed by atoms with E-state index in [0.29, 0.717) is 32.7 Å². The number of hydrogen-bond acceptors (Lipinski definition) is 3. The van der Waals surface area contributed by atoms with Crippen molar-refractivity contribution in [2.75, 3.05) is 0 Å². The van der Waals surface area contributed by atoms with E-state index < -0.39 is 0 Å². The van der Waals surface area contributed by atoms with Gasteiger partial charge in [-0.15, -0.1) is 0 Å². The highest BCUT2D eigenvalue weighted by molar-refractivity contribution is 9.10. The Balaban J connectivity index is 1.60. The van der Waals surface area contributed by atoms with Gasteiger partial charge in [-0.1, -0.05) is 63.4 Å². The molecule has 0 aromatic heterocycles. The first-order valence-corrected chi connectivity index (χ1v) is 10.4. The molecule has 1 aliphatic heterocycles. The van der Waals surface area contributed by atoms with Gasteiger partial charge in [0.05, 0.1) is 5.56 Å². The number of carbonyl (C=O) groups is 1. The monoisotopic (exact) mass is 488 g/mol. The molecule has 0 amide bonds. The fourth-order valence-electron chi connectivity index (χ4n) is 3.12. The molecule has 0 spiro atoms. The summed E-state index contributed by atoms with van der Waals surface area (Å²) in [6.07, 6.45) is 1.73. The summed E-state index contributed by atoms with van der Waals surface area (Å²) in [6, 6.07) is 16.5. The largest absolute Gasteiger partial charge is 0.489 e. The van der Waals surface area contributed by atoms with E-state index in [2.05, 4.69) is 15.9 Å². The maximum Gasteiger partial charge on any atom is 0.232 e. The molecule has 146 valence electrons. The molecule has 3 aromatic rings. The predicted molar refractivity (Wildman–Crippen MR) is 119 cm³/mol. The second-order valence-electron chi connectivity index (χ2n) is 6.56. The van der Waals surface area contributed by atoms with Gasteiger partial charge in [-0.3, -0.25) is 4.79 Å². The van der Waals surface area contributed by atoms with Crippen molar-refractivity contribution >= 4 is 51.0 Å². The van der Waals surface area contributed by atoms with Crippen molar-refractivity contribution in [1.82, 2.24) is 0 Å². The van der Waals surface area contributed by atoms with Crippen molar-refractivity contribution in [2.45, 2.75) is 13.5 Å². The number of fused-ring (bicyclic) bond motifs is 1. The highest BCUT2D eigenvalue weighted by atomic mass is 79.9. The minimum Gasteiger partial charge on any atom is -0.489 e. The van der Waals surface area contributed by atoms with Crippen LogP contribution in [0.1, 0.15) is 27.0 Å². The zero-order valence-electron chi connectivity index (χ0n) is 15.3. The van der Waals surface area contributed by atoms with Crippen molar-refractivity contribution in [3.8, 4) is 11.5 Å². The Morgan fingerprint density at radius 3 is 2.52 bits per heavy atom. The first kappa shape index (κ1) is 20.0. The van der Waals surface area contributed by atoms with E-state index in [0.717, 1.165) is 15.6 Å². The molecule has 0 bridgehead atoms. The maximum absolute atomic E-state index is 12.8. The lowest BCUT2D eigenvalue weighted by molar-refractivity contribution is 0.101. The Hall–Kier alpha value is -2.27. The number of rotatable bonds is 4.